The first kappa shape index (κ1) is 18.7. The summed E-state index contributed by atoms with van der Waals surface area (Å²) < 4.78 is 11.5. The van der Waals surface area contributed by atoms with Gasteiger partial charge in [-0.1, -0.05) is 42.5 Å². The second-order valence-electron chi connectivity index (χ2n) is 6.55. The molecule has 0 unspecified atom stereocenters. The van der Waals surface area contributed by atoms with E-state index in [9.17, 15) is 4.79 Å². The number of rotatable bonds is 8. The normalized spacial score (nSPS) is 10.8. The minimum absolute atomic E-state index is 0.0480. The highest BCUT2D eigenvalue weighted by Gasteiger charge is 2.10. The smallest absolute Gasteiger partial charge is 0.224 e. The lowest BCUT2D eigenvalue weighted by molar-refractivity contribution is -0.116. The Morgan fingerprint density at radius 2 is 1.85 bits per heavy atom. The molecule has 3 rings (SSSR count). The highest BCUT2D eigenvalue weighted by Crippen LogP contribution is 2.25. The van der Waals surface area contributed by atoms with Crippen molar-refractivity contribution in [3.05, 3.63) is 66.7 Å². The average Bonchev–Trinajstić information content (AvgIpc) is 3.13. The van der Waals surface area contributed by atoms with E-state index in [1.807, 2.05) is 68.4 Å². The number of nitrogens with one attached hydrogen (secondary N) is 1. The number of para-hydroxylation sites is 2. The molecule has 2 aromatic carbocycles. The minimum Gasteiger partial charge on any atom is -0.489 e. The van der Waals surface area contributed by atoms with Crippen LogP contribution in [0.4, 0.5) is 5.69 Å². The molecule has 5 nitrogen and oxygen atoms in total. The van der Waals surface area contributed by atoms with Gasteiger partial charge in [0.2, 0.25) is 5.91 Å². The summed E-state index contributed by atoms with van der Waals surface area (Å²) in [6.07, 6.45) is 3.44. The number of hydrogen-bond donors (Lipinski definition) is 1. The standard InChI is InChI=1S/C22H24N2O3/c1-16(2)26-19-12-7-6-11-18(19)24-21(25)13-8-14-22-23-15-20(27-22)17-9-4-3-5-10-17/h3-7,9-12,15-16H,8,13-14H2,1-2H3,(H,24,25). The molecule has 0 atom stereocenters. The van der Waals surface area contributed by atoms with Crippen LogP contribution in [0.5, 0.6) is 5.75 Å². The average molecular weight is 364 g/mol. The fraction of sp³-hybridized carbons (Fsp3) is 0.273. The fourth-order valence-electron chi connectivity index (χ4n) is 2.70. The zero-order valence-electron chi connectivity index (χ0n) is 15.6. The second-order valence-corrected chi connectivity index (χ2v) is 6.55. The van der Waals surface area contributed by atoms with Crippen LogP contribution in [0.3, 0.4) is 0 Å². The van der Waals surface area contributed by atoms with Crippen molar-refractivity contribution in [2.75, 3.05) is 5.32 Å². The van der Waals surface area contributed by atoms with Gasteiger partial charge >= 0.3 is 0 Å². The number of aryl methyl sites for hydroxylation is 1. The third-order valence-electron chi connectivity index (χ3n) is 3.93. The summed E-state index contributed by atoms with van der Waals surface area (Å²) in [5.74, 6) is 2.02. The number of carbonyl (C=O) groups is 1. The van der Waals surface area contributed by atoms with Crippen LogP contribution in [-0.4, -0.2) is 17.0 Å². The maximum Gasteiger partial charge on any atom is 0.224 e. The predicted octanol–water partition coefficient (Wildman–Crippen LogP) is 5.09. The molecule has 0 spiro atoms. The lowest BCUT2D eigenvalue weighted by Crippen LogP contribution is -2.14. The Kier molecular flexibility index (Phi) is 6.26. The molecule has 1 N–H and O–H groups in total. The van der Waals surface area contributed by atoms with Gasteiger partial charge in [0.25, 0.3) is 0 Å². The van der Waals surface area contributed by atoms with E-state index in [2.05, 4.69) is 10.3 Å². The second kappa shape index (κ2) is 9.03. The van der Waals surface area contributed by atoms with Crippen molar-refractivity contribution in [3.63, 3.8) is 0 Å². The Hall–Kier alpha value is -3.08. The van der Waals surface area contributed by atoms with Crippen molar-refractivity contribution in [1.29, 1.82) is 0 Å². The van der Waals surface area contributed by atoms with Crippen LogP contribution in [0, 0.1) is 0 Å². The first-order valence-corrected chi connectivity index (χ1v) is 9.17. The Bertz CT molecular complexity index is 872. The van der Waals surface area contributed by atoms with Crippen LogP contribution in [0.2, 0.25) is 0 Å². The highest BCUT2D eigenvalue weighted by atomic mass is 16.5. The quantitative estimate of drug-likeness (QED) is 0.605. The summed E-state index contributed by atoms with van der Waals surface area (Å²) in [5.41, 5.74) is 1.69. The summed E-state index contributed by atoms with van der Waals surface area (Å²) in [5, 5.41) is 2.92. The summed E-state index contributed by atoms with van der Waals surface area (Å²) in [4.78, 5) is 16.6. The first-order chi connectivity index (χ1) is 13.1. The van der Waals surface area contributed by atoms with Crippen LogP contribution < -0.4 is 10.1 Å². The van der Waals surface area contributed by atoms with Gasteiger partial charge in [-0.25, -0.2) is 4.98 Å². The van der Waals surface area contributed by atoms with E-state index in [-0.39, 0.29) is 12.0 Å². The third-order valence-corrected chi connectivity index (χ3v) is 3.93. The molecule has 3 aromatic rings. The number of carbonyl (C=O) groups excluding carboxylic acids is 1. The Labute approximate surface area is 159 Å². The molecule has 0 saturated carbocycles. The van der Waals surface area contributed by atoms with Gasteiger partial charge in [0, 0.05) is 18.4 Å². The molecule has 5 heteroatoms. The lowest BCUT2D eigenvalue weighted by Gasteiger charge is -2.14. The van der Waals surface area contributed by atoms with Crippen LogP contribution >= 0.6 is 0 Å². The summed E-state index contributed by atoms with van der Waals surface area (Å²) >= 11 is 0. The number of ether oxygens (including phenoxy) is 1. The molecule has 0 aliphatic heterocycles. The molecule has 0 radical (unpaired) electrons. The number of oxazole rings is 1. The number of hydrogen-bond acceptors (Lipinski definition) is 4. The number of aromatic nitrogens is 1. The molecule has 1 heterocycles. The summed E-state index contributed by atoms with van der Waals surface area (Å²) in [6.45, 7) is 3.91. The molecular weight excluding hydrogens is 340 g/mol. The zero-order valence-corrected chi connectivity index (χ0v) is 15.6. The molecule has 0 aliphatic carbocycles. The van der Waals surface area contributed by atoms with E-state index in [1.165, 1.54) is 0 Å². The van der Waals surface area contributed by atoms with Crippen LogP contribution in [0.15, 0.2) is 65.2 Å². The van der Waals surface area contributed by atoms with E-state index in [4.69, 9.17) is 9.15 Å². The molecule has 0 aliphatic rings. The van der Waals surface area contributed by atoms with Crippen LogP contribution in [0.25, 0.3) is 11.3 Å². The topological polar surface area (TPSA) is 64.4 Å². The number of amides is 1. The molecule has 27 heavy (non-hydrogen) atoms. The molecule has 1 aromatic heterocycles. The van der Waals surface area contributed by atoms with E-state index >= 15 is 0 Å². The van der Waals surface area contributed by atoms with Gasteiger partial charge in [-0.15, -0.1) is 0 Å². The predicted molar refractivity (Wildman–Crippen MR) is 106 cm³/mol. The van der Waals surface area contributed by atoms with E-state index in [1.54, 1.807) is 6.20 Å². The van der Waals surface area contributed by atoms with E-state index in [0.29, 0.717) is 36.6 Å². The zero-order chi connectivity index (χ0) is 19.1. The van der Waals surface area contributed by atoms with Gasteiger partial charge in [0.15, 0.2) is 11.7 Å². The van der Waals surface area contributed by atoms with E-state index in [0.717, 1.165) is 11.3 Å². The van der Waals surface area contributed by atoms with Crippen molar-refractivity contribution in [2.24, 2.45) is 0 Å². The van der Waals surface area contributed by atoms with Crippen molar-refractivity contribution in [1.82, 2.24) is 4.98 Å². The molecule has 140 valence electrons. The van der Waals surface area contributed by atoms with Gasteiger partial charge in [-0.05, 0) is 32.4 Å². The Morgan fingerprint density at radius 3 is 2.63 bits per heavy atom. The highest BCUT2D eigenvalue weighted by molar-refractivity contribution is 5.92. The monoisotopic (exact) mass is 364 g/mol. The number of anilines is 1. The molecule has 0 bridgehead atoms. The van der Waals surface area contributed by atoms with Crippen LogP contribution in [0.1, 0.15) is 32.6 Å². The maximum atomic E-state index is 12.2. The number of benzene rings is 2. The van der Waals surface area contributed by atoms with Crippen molar-refractivity contribution in [2.45, 2.75) is 39.2 Å². The third kappa shape index (κ3) is 5.45. The number of nitrogens with zero attached hydrogens (tertiary/aromatic N) is 1. The van der Waals surface area contributed by atoms with E-state index < -0.39 is 0 Å². The van der Waals surface area contributed by atoms with Crippen molar-refractivity contribution in [3.8, 4) is 17.1 Å². The first-order valence-electron chi connectivity index (χ1n) is 9.17. The fourth-order valence-corrected chi connectivity index (χ4v) is 2.70. The van der Waals surface area contributed by atoms with Gasteiger partial charge in [0.05, 0.1) is 18.0 Å². The summed E-state index contributed by atoms with van der Waals surface area (Å²) in [7, 11) is 0. The molecule has 0 saturated heterocycles. The molecule has 1 amide bonds. The van der Waals surface area contributed by atoms with Crippen LogP contribution in [-0.2, 0) is 11.2 Å². The van der Waals surface area contributed by atoms with Gasteiger partial charge in [0.1, 0.15) is 5.75 Å². The van der Waals surface area contributed by atoms with Gasteiger partial charge in [-0.2, -0.15) is 0 Å². The SMILES string of the molecule is CC(C)Oc1ccccc1NC(=O)CCCc1ncc(-c2ccccc2)o1. The van der Waals surface area contributed by atoms with Crippen molar-refractivity contribution >= 4 is 11.6 Å². The van der Waals surface area contributed by atoms with Crippen molar-refractivity contribution < 1.29 is 13.9 Å². The van der Waals surface area contributed by atoms with Gasteiger partial charge < -0.3 is 14.5 Å². The largest absolute Gasteiger partial charge is 0.489 e. The molecular formula is C22H24N2O3. The Balaban J connectivity index is 1.50. The molecule has 0 fully saturated rings. The summed E-state index contributed by atoms with van der Waals surface area (Å²) in [6, 6.07) is 17.3. The minimum atomic E-state index is -0.0513. The van der Waals surface area contributed by atoms with Gasteiger partial charge in [-0.3, -0.25) is 4.79 Å². The Morgan fingerprint density at radius 1 is 1.11 bits per heavy atom. The lowest BCUT2D eigenvalue weighted by atomic mass is 10.2. The maximum absolute atomic E-state index is 12.2.